The van der Waals surface area contributed by atoms with Gasteiger partial charge in [-0.2, -0.15) is 0 Å². The van der Waals surface area contributed by atoms with Crippen LogP contribution in [0.4, 0.5) is 11.4 Å². The number of hydrogen-bond donors (Lipinski definition) is 1. The van der Waals surface area contributed by atoms with Crippen LogP contribution in [0.5, 0.6) is 0 Å². The van der Waals surface area contributed by atoms with Gasteiger partial charge in [-0.3, -0.25) is 19.2 Å². The van der Waals surface area contributed by atoms with Gasteiger partial charge < -0.3 is 24.6 Å². The molecule has 0 aromatic heterocycles. The molecule has 1 N–H and O–H groups in total. The number of carbonyl (C=O) groups excluding carboxylic acids is 2. The maximum atomic E-state index is 12.5. The van der Waals surface area contributed by atoms with Gasteiger partial charge in [-0.1, -0.05) is 111 Å². The summed E-state index contributed by atoms with van der Waals surface area (Å²) in [6.45, 7) is 12.6. The van der Waals surface area contributed by atoms with Crippen molar-refractivity contribution in [1.29, 1.82) is 0 Å². The van der Waals surface area contributed by atoms with E-state index in [1.54, 1.807) is 0 Å². The van der Waals surface area contributed by atoms with Gasteiger partial charge in [0.05, 0.1) is 6.61 Å². The van der Waals surface area contributed by atoms with Crippen LogP contribution in [0.1, 0.15) is 201 Å². The molecular formula is C45H81N3O6. The van der Waals surface area contributed by atoms with Crippen LogP contribution in [0.15, 0.2) is 9.59 Å². The number of ether oxygens (including phenoxy) is 2. The molecule has 1 heterocycles. The molecule has 0 radical (unpaired) electrons. The van der Waals surface area contributed by atoms with Crippen molar-refractivity contribution in [3.63, 3.8) is 0 Å². The monoisotopic (exact) mass is 760 g/mol. The normalized spacial score (nSPS) is 13.8. The second-order valence-electron chi connectivity index (χ2n) is 16.0. The molecule has 1 aliphatic rings. The van der Waals surface area contributed by atoms with Crippen molar-refractivity contribution in [1.82, 2.24) is 4.90 Å². The number of piperidine rings is 1. The third-order valence-electron chi connectivity index (χ3n) is 11.0. The first-order valence-electron chi connectivity index (χ1n) is 22.8. The van der Waals surface area contributed by atoms with Gasteiger partial charge in [0.15, 0.2) is 0 Å². The molecule has 0 saturated carbocycles. The van der Waals surface area contributed by atoms with Crippen LogP contribution in [0.3, 0.4) is 0 Å². The first-order valence-corrected chi connectivity index (χ1v) is 22.8. The van der Waals surface area contributed by atoms with E-state index in [-0.39, 0.29) is 28.9 Å². The lowest BCUT2D eigenvalue weighted by molar-refractivity contribution is -0.150. The van der Waals surface area contributed by atoms with Gasteiger partial charge in [-0.15, -0.1) is 0 Å². The molecule has 54 heavy (non-hydrogen) atoms. The molecular weight excluding hydrogens is 679 g/mol. The fraction of sp³-hybridized carbons (Fsp3) is 0.867. The molecule has 9 heteroatoms. The van der Waals surface area contributed by atoms with E-state index in [1.165, 1.54) is 38.5 Å². The summed E-state index contributed by atoms with van der Waals surface area (Å²) in [6.07, 6.45) is 29.7. The van der Waals surface area contributed by atoms with E-state index in [2.05, 4.69) is 35.9 Å². The van der Waals surface area contributed by atoms with Gasteiger partial charge >= 0.3 is 11.9 Å². The Hall–Kier alpha value is -2.42. The minimum absolute atomic E-state index is 0.0211. The van der Waals surface area contributed by atoms with Gasteiger partial charge in [0.1, 0.15) is 17.5 Å². The Bertz CT molecular complexity index is 1160. The maximum absolute atomic E-state index is 12.5. The number of nitrogens with one attached hydrogen (secondary N) is 1. The molecule has 1 aromatic rings. The zero-order valence-corrected chi connectivity index (χ0v) is 35.2. The molecule has 1 fully saturated rings. The molecule has 0 amide bonds. The minimum atomic E-state index is -0.361. The van der Waals surface area contributed by atoms with E-state index < -0.39 is 0 Å². The third kappa shape index (κ3) is 21.6. The lowest BCUT2D eigenvalue weighted by atomic mass is 10.1. The van der Waals surface area contributed by atoms with Crippen molar-refractivity contribution in [2.75, 3.05) is 56.1 Å². The van der Waals surface area contributed by atoms with Gasteiger partial charge in [0.25, 0.3) is 10.9 Å². The Morgan fingerprint density at radius 3 is 1.81 bits per heavy atom. The van der Waals surface area contributed by atoms with Crippen molar-refractivity contribution in [2.24, 2.45) is 0 Å². The first-order chi connectivity index (χ1) is 26.4. The molecule has 2 rings (SSSR count). The largest absolute Gasteiger partial charge is 0.466 e. The quantitative estimate of drug-likeness (QED) is 0.0407. The zero-order chi connectivity index (χ0) is 39.1. The van der Waals surface area contributed by atoms with Crippen LogP contribution in [0.25, 0.3) is 0 Å². The summed E-state index contributed by atoms with van der Waals surface area (Å²) < 4.78 is 11.3. The Labute approximate surface area is 329 Å². The van der Waals surface area contributed by atoms with Crippen LogP contribution in [0.2, 0.25) is 0 Å². The lowest BCUT2D eigenvalue weighted by Crippen LogP contribution is -2.44. The summed E-state index contributed by atoms with van der Waals surface area (Å²) in [5, 5.41) is 3.32. The summed E-state index contributed by atoms with van der Waals surface area (Å²) >= 11 is 0. The summed E-state index contributed by atoms with van der Waals surface area (Å²) in [5.41, 5.74) is 0.454. The van der Waals surface area contributed by atoms with E-state index in [0.29, 0.717) is 37.4 Å². The number of carbonyl (C=O) groups is 2. The molecule has 1 aromatic carbocycles. The number of nitrogens with zero attached hydrogens (tertiary/aromatic N) is 2. The Balaban J connectivity index is 1.69. The highest BCUT2D eigenvalue weighted by Crippen LogP contribution is 2.24. The minimum Gasteiger partial charge on any atom is -0.466 e. The highest BCUT2D eigenvalue weighted by atomic mass is 16.5. The van der Waals surface area contributed by atoms with Crippen molar-refractivity contribution < 1.29 is 19.1 Å². The maximum Gasteiger partial charge on any atom is 0.306 e. The summed E-state index contributed by atoms with van der Waals surface area (Å²) in [7, 11) is 0. The summed E-state index contributed by atoms with van der Waals surface area (Å²) in [5.74, 6) is -0.0712. The van der Waals surface area contributed by atoms with Crippen molar-refractivity contribution in [3.05, 3.63) is 20.4 Å². The molecule has 0 spiro atoms. The second kappa shape index (κ2) is 31.7. The molecule has 0 aliphatic carbocycles. The predicted octanol–water partition coefficient (Wildman–Crippen LogP) is 10.3. The second-order valence-corrected chi connectivity index (χ2v) is 16.0. The van der Waals surface area contributed by atoms with E-state index in [4.69, 9.17) is 9.47 Å². The van der Waals surface area contributed by atoms with Crippen molar-refractivity contribution >= 4 is 23.3 Å². The van der Waals surface area contributed by atoms with Gasteiger partial charge in [0.2, 0.25) is 0 Å². The van der Waals surface area contributed by atoms with E-state index in [0.717, 1.165) is 161 Å². The lowest BCUT2D eigenvalue weighted by Gasteiger charge is -2.31. The molecule has 1 saturated heterocycles. The summed E-state index contributed by atoms with van der Waals surface area (Å²) in [6, 6.07) is 0. The average molecular weight is 760 g/mol. The topological polar surface area (TPSA) is 105 Å². The van der Waals surface area contributed by atoms with Crippen LogP contribution in [-0.2, 0) is 19.1 Å². The molecule has 1 aliphatic heterocycles. The van der Waals surface area contributed by atoms with Crippen LogP contribution < -0.4 is 21.1 Å². The number of hydrogen-bond acceptors (Lipinski definition) is 9. The van der Waals surface area contributed by atoms with Gasteiger partial charge in [-0.25, -0.2) is 0 Å². The average Bonchev–Trinajstić information content (AvgIpc) is 3.18. The molecule has 1 unspecified atom stereocenters. The van der Waals surface area contributed by atoms with Crippen molar-refractivity contribution in [3.8, 4) is 0 Å². The number of rotatable bonds is 36. The zero-order valence-electron chi connectivity index (χ0n) is 35.2. The molecule has 9 nitrogen and oxygen atoms in total. The fourth-order valence-corrected chi connectivity index (χ4v) is 7.61. The Morgan fingerprint density at radius 1 is 0.611 bits per heavy atom. The highest BCUT2D eigenvalue weighted by molar-refractivity contribution is 5.75. The van der Waals surface area contributed by atoms with Gasteiger partial charge in [0, 0.05) is 32.5 Å². The number of unbranched alkanes of at least 4 members (excludes halogenated alkanes) is 15. The summed E-state index contributed by atoms with van der Waals surface area (Å²) in [4.78, 5) is 54.0. The smallest absolute Gasteiger partial charge is 0.306 e. The van der Waals surface area contributed by atoms with E-state index in [1.807, 2.05) is 0 Å². The van der Waals surface area contributed by atoms with Crippen molar-refractivity contribution in [2.45, 2.75) is 207 Å². The van der Waals surface area contributed by atoms with Crippen LogP contribution in [-0.4, -0.2) is 68.8 Å². The SMILES string of the molecule is CCCCCCCOC(=O)CCCCCCCN(CCCCCCCC(=O)OC(CCCC)CCCCC)CCCNc1c(N2CCCCC2)c(=O)c1=O. The standard InChI is InChI=1S/C45H81N3O6/c1-4-7-10-17-26-38-53-40(49)30-20-13-11-15-22-33-47(35-27-32-46-42-43(45(52)44(42)51)48-36-24-18-25-37-48)34-23-16-12-14-21-31-41(50)54-39(28-9-6-3)29-19-8-5-2/h39,46H,4-38H2,1-3H3. The Morgan fingerprint density at radius 2 is 1.15 bits per heavy atom. The van der Waals surface area contributed by atoms with Gasteiger partial charge in [-0.05, 0) is 96.7 Å². The van der Waals surface area contributed by atoms with Crippen LogP contribution >= 0.6 is 0 Å². The highest BCUT2D eigenvalue weighted by Gasteiger charge is 2.26. The molecule has 1 atom stereocenters. The fourth-order valence-electron chi connectivity index (χ4n) is 7.61. The van der Waals surface area contributed by atoms with Crippen LogP contribution in [0, 0.1) is 0 Å². The van der Waals surface area contributed by atoms with E-state index in [9.17, 15) is 19.2 Å². The number of esters is 2. The molecule has 0 bridgehead atoms. The van der Waals surface area contributed by atoms with E-state index >= 15 is 0 Å². The Kier molecular flexibility index (Phi) is 28.1. The first kappa shape index (κ1) is 47.7. The predicted molar refractivity (Wildman–Crippen MR) is 226 cm³/mol. The third-order valence-corrected chi connectivity index (χ3v) is 11.0. The number of anilines is 2. The molecule has 312 valence electrons.